The molecule has 0 spiro atoms. The van der Waals surface area contributed by atoms with Gasteiger partial charge in [-0.25, -0.2) is 0 Å². The van der Waals surface area contributed by atoms with E-state index in [1.165, 1.54) is 24.0 Å². The molecule has 2 unspecified atom stereocenters. The molecule has 3 nitrogen and oxygen atoms in total. The number of ether oxygens (including phenoxy) is 1. The molecule has 1 aliphatic carbocycles. The fraction of sp³-hybridized carbons (Fsp3) is 0.600. The summed E-state index contributed by atoms with van der Waals surface area (Å²) < 4.78 is 5.45. The topological polar surface area (TPSA) is 32.7 Å². The summed E-state index contributed by atoms with van der Waals surface area (Å²) in [5.41, 5.74) is 2.74. The highest BCUT2D eigenvalue weighted by Crippen LogP contribution is 2.37. The minimum absolute atomic E-state index is 0.382. The standard InChI is InChI=1S/C15H21NO2/c1-18-13-7-8-16(10-13)15-4-2-3-11-5-6-12(17)9-14(11)15/h5-6,9,13,15,17H,2-4,7-8,10H2,1H3. The summed E-state index contributed by atoms with van der Waals surface area (Å²) >= 11 is 0. The van der Waals surface area contributed by atoms with Crippen molar-refractivity contribution in [1.82, 2.24) is 4.90 Å². The molecule has 0 amide bonds. The van der Waals surface area contributed by atoms with Crippen molar-refractivity contribution in [1.29, 1.82) is 0 Å². The number of aromatic hydroxyl groups is 1. The Bertz CT molecular complexity index is 433. The number of hydrogen-bond donors (Lipinski definition) is 1. The van der Waals surface area contributed by atoms with Crippen molar-refractivity contribution in [3.8, 4) is 5.75 Å². The Hall–Kier alpha value is -1.06. The van der Waals surface area contributed by atoms with Crippen LogP contribution in [0.1, 0.15) is 36.4 Å². The maximum absolute atomic E-state index is 9.70. The first kappa shape index (κ1) is 12.0. The highest BCUT2D eigenvalue weighted by atomic mass is 16.5. The minimum atomic E-state index is 0.382. The number of phenolic OH excluding ortho intramolecular Hbond substituents is 1. The Kier molecular flexibility index (Phi) is 3.27. The van der Waals surface area contributed by atoms with Gasteiger partial charge in [-0.2, -0.15) is 0 Å². The van der Waals surface area contributed by atoms with Crippen LogP contribution in [0.5, 0.6) is 5.75 Å². The zero-order valence-corrected chi connectivity index (χ0v) is 10.9. The quantitative estimate of drug-likeness (QED) is 0.871. The molecule has 0 aromatic heterocycles. The largest absolute Gasteiger partial charge is 0.508 e. The van der Waals surface area contributed by atoms with Crippen molar-refractivity contribution in [2.24, 2.45) is 0 Å². The maximum Gasteiger partial charge on any atom is 0.115 e. The highest BCUT2D eigenvalue weighted by Gasteiger charge is 2.31. The van der Waals surface area contributed by atoms with Gasteiger partial charge in [0, 0.05) is 26.2 Å². The lowest BCUT2D eigenvalue weighted by atomic mass is 9.87. The second-order valence-electron chi connectivity index (χ2n) is 5.43. The Balaban J connectivity index is 1.85. The number of nitrogens with zero attached hydrogens (tertiary/aromatic N) is 1. The van der Waals surface area contributed by atoms with Gasteiger partial charge in [-0.3, -0.25) is 4.90 Å². The average Bonchev–Trinajstić information content (AvgIpc) is 2.86. The number of fused-ring (bicyclic) bond motifs is 1. The number of rotatable bonds is 2. The molecular weight excluding hydrogens is 226 g/mol. The summed E-state index contributed by atoms with van der Waals surface area (Å²) in [6, 6.07) is 6.32. The van der Waals surface area contributed by atoms with Gasteiger partial charge >= 0.3 is 0 Å². The Morgan fingerprint density at radius 3 is 3.00 bits per heavy atom. The first-order valence-electron chi connectivity index (χ1n) is 6.86. The summed E-state index contributed by atoms with van der Waals surface area (Å²) in [4.78, 5) is 2.52. The van der Waals surface area contributed by atoms with Crippen molar-refractivity contribution < 1.29 is 9.84 Å². The monoisotopic (exact) mass is 247 g/mol. The van der Waals surface area contributed by atoms with E-state index in [0.29, 0.717) is 17.9 Å². The van der Waals surface area contributed by atoms with Gasteiger partial charge in [0.1, 0.15) is 5.75 Å². The predicted molar refractivity (Wildman–Crippen MR) is 70.8 cm³/mol. The first-order chi connectivity index (χ1) is 8.78. The Labute approximate surface area is 108 Å². The smallest absolute Gasteiger partial charge is 0.115 e. The molecule has 2 atom stereocenters. The lowest BCUT2D eigenvalue weighted by Gasteiger charge is -2.33. The number of hydrogen-bond acceptors (Lipinski definition) is 3. The van der Waals surface area contributed by atoms with Crippen molar-refractivity contribution in [2.45, 2.75) is 37.8 Å². The molecule has 1 saturated heterocycles. The van der Waals surface area contributed by atoms with Gasteiger partial charge in [0.15, 0.2) is 0 Å². The van der Waals surface area contributed by atoms with Crippen molar-refractivity contribution >= 4 is 0 Å². The molecule has 98 valence electrons. The molecule has 1 heterocycles. The van der Waals surface area contributed by atoms with E-state index in [1.54, 1.807) is 7.11 Å². The van der Waals surface area contributed by atoms with Gasteiger partial charge in [0.2, 0.25) is 0 Å². The number of benzene rings is 1. The lowest BCUT2D eigenvalue weighted by molar-refractivity contribution is 0.0985. The van der Waals surface area contributed by atoms with Gasteiger partial charge in [-0.1, -0.05) is 6.07 Å². The summed E-state index contributed by atoms with van der Waals surface area (Å²) in [5.74, 6) is 0.392. The van der Waals surface area contributed by atoms with Crippen LogP contribution in [0.25, 0.3) is 0 Å². The molecule has 1 aliphatic heterocycles. The molecule has 2 aliphatic rings. The fourth-order valence-electron chi connectivity index (χ4n) is 3.37. The number of methoxy groups -OCH3 is 1. The van der Waals surface area contributed by atoms with Gasteiger partial charge in [-0.15, -0.1) is 0 Å². The third-order valence-corrected chi connectivity index (χ3v) is 4.36. The first-order valence-corrected chi connectivity index (χ1v) is 6.86. The average molecular weight is 247 g/mol. The summed E-state index contributed by atoms with van der Waals surface area (Å²) in [5, 5.41) is 9.70. The molecule has 0 radical (unpaired) electrons. The lowest BCUT2D eigenvalue weighted by Crippen LogP contribution is -2.30. The van der Waals surface area contributed by atoms with Crippen LogP contribution in [0.15, 0.2) is 18.2 Å². The number of aryl methyl sites for hydroxylation is 1. The molecule has 1 fully saturated rings. The van der Waals surface area contributed by atoms with E-state index in [0.717, 1.165) is 25.9 Å². The van der Waals surface area contributed by atoms with Crippen molar-refractivity contribution in [3.05, 3.63) is 29.3 Å². The van der Waals surface area contributed by atoms with Gasteiger partial charge in [0.05, 0.1) is 6.10 Å². The van der Waals surface area contributed by atoms with Crippen LogP contribution in [-0.4, -0.2) is 36.3 Å². The molecule has 1 N–H and O–H groups in total. The van der Waals surface area contributed by atoms with Crippen LogP contribution in [0.4, 0.5) is 0 Å². The molecule has 1 aromatic rings. The molecule has 3 rings (SSSR count). The predicted octanol–water partition coefficient (Wildman–Crippen LogP) is 2.49. The molecule has 3 heteroatoms. The van der Waals surface area contributed by atoms with E-state index in [9.17, 15) is 5.11 Å². The van der Waals surface area contributed by atoms with Crippen LogP contribution in [0.2, 0.25) is 0 Å². The van der Waals surface area contributed by atoms with Gasteiger partial charge in [0.25, 0.3) is 0 Å². The third-order valence-electron chi connectivity index (χ3n) is 4.36. The molecule has 1 aromatic carbocycles. The maximum atomic E-state index is 9.70. The van der Waals surface area contributed by atoms with E-state index >= 15 is 0 Å². The van der Waals surface area contributed by atoms with Crippen molar-refractivity contribution in [3.63, 3.8) is 0 Å². The number of phenols is 1. The normalized spacial score (nSPS) is 28.3. The van der Waals surface area contributed by atoms with Crippen molar-refractivity contribution in [2.75, 3.05) is 20.2 Å². The molecule has 0 bridgehead atoms. The van der Waals surface area contributed by atoms with Crippen LogP contribution in [0.3, 0.4) is 0 Å². The Morgan fingerprint density at radius 2 is 2.22 bits per heavy atom. The molecule has 0 saturated carbocycles. The van der Waals surface area contributed by atoms with E-state index in [1.807, 2.05) is 12.1 Å². The van der Waals surface area contributed by atoms with E-state index in [2.05, 4.69) is 11.0 Å². The Morgan fingerprint density at radius 1 is 1.33 bits per heavy atom. The zero-order valence-electron chi connectivity index (χ0n) is 10.9. The summed E-state index contributed by atoms with van der Waals surface area (Å²) in [7, 11) is 1.80. The van der Waals surface area contributed by atoms with Crippen LogP contribution in [0, 0.1) is 0 Å². The summed E-state index contributed by atoms with van der Waals surface area (Å²) in [6.45, 7) is 2.13. The van der Waals surface area contributed by atoms with E-state index in [-0.39, 0.29) is 0 Å². The third kappa shape index (κ3) is 2.13. The molecular formula is C15H21NO2. The van der Waals surface area contributed by atoms with Crippen LogP contribution >= 0.6 is 0 Å². The second kappa shape index (κ2) is 4.90. The van der Waals surface area contributed by atoms with Crippen LogP contribution < -0.4 is 0 Å². The minimum Gasteiger partial charge on any atom is -0.508 e. The fourth-order valence-corrected chi connectivity index (χ4v) is 3.37. The van der Waals surface area contributed by atoms with Crippen LogP contribution in [-0.2, 0) is 11.2 Å². The van der Waals surface area contributed by atoms with Gasteiger partial charge in [-0.05, 0) is 48.9 Å². The van der Waals surface area contributed by atoms with E-state index in [4.69, 9.17) is 4.74 Å². The second-order valence-corrected chi connectivity index (χ2v) is 5.43. The molecule has 18 heavy (non-hydrogen) atoms. The number of likely N-dealkylation sites (tertiary alicyclic amines) is 1. The van der Waals surface area contributed by atoms with E-state index < -0.39 is 0 Å². The van der Waals surface area contributed by atoms with Gasteiger partial charge < -0.3 is 9.84 Å². The highest BCUT2D eigenvalue weighted by molar-refractivity contribution is 5.38. The zero-order chi connectivity index (χ0) is 12.5. The SMILES string of the molecule is COC1CCN(C2CCCc3ccc(O)cc32)C1. The summed E-state index contributed by atoms with van der Waals surface area (Å²) in [6.07, 6.45) is 5.10.